The molecular weight excluding hydrogens is 178 g/mol. The smallest absolute Gasteiger partial charge is 0.216 e. The van der Waals surface area contributed by atoms with Crippen LogP contribution in [0.3, 0.4) is 0 Å². The van der Waals surface area contributed by atoms with E-state index in [0.717, 1.165) is 17.7 Å². The third kappa shape index (κ3) is 1.77. The minimum atomic E-state index is 0.157. The Balaban J connectivity index is 2.31. The van der Waals surface area contributed by atoms with Crippen molar-refractivity contribution in [3.05, 3.63) is 35.4 Å². The second kappa shape index (κ2) is 4.24. The van der Waals surface area contributed by atoms with Crippen LogP contribution in [0.5, 0.6) is 0 Å². The van der Waals surface area contributed by atoms with Gasteiger partial charge in [-0.15, -0.1) is 0 Å². The zero-order chi connectivity index (χ0) is 9.80. The Kier molecular flexibility index (Phi) is 2.79. The number of benzene rings is 1. The molecular formula is C11H13NO2. The average Bonchev–Trinajstić information content (AvgIpc) is 2.72. The Bertz CT molecular complexity index is 347. The van der Waals surface area contributed by atoms with Gasteiger partial charge < -0.3 is 9.84 Å². The van der Waals surface area contributed by atoms with Crippen LogP contribution in [0.15, 0.2) is 29.3 Å². The zero-order valence-corrected chi connectivity index (χ0v) is 7.94. The number of hydrogen-bond donors (Lipinski definition) is 1. The van der Waals surface area contributed by atoms with Crippen molar-refractivity contribution in [1.29, 1.82) is 0 Å². The molecule has 0 atom stereocenters. The number of rotatable bonds is 3. The largest absolute Gasteiger partial charge is 0.476 e. The maximum atomic E-state index is 8.91. The minimum Gasteiger partial charge on any atom is -0.476 e. The molecule has 74 valence electrons. The fraction of sp³-hybridized carbons (Fsp3) is 0.364. The Morgan fingerprint density at radius 2 is 2.21 bits per heavy atom. The summed E-state index contributed by atoms with van der Waals surface area (Å²) in [6.07, 6.45) is 0.651. The fourth-order valence-corrected chi connectivity index (χ4v) is 1.57. The quantitative estimate of drug-likeness (QED) is 0.774. The SMILES string of the molecule is OCCc1ccccc1C1=NCCO1. The average molecular weight is 191 g/mol. The number of ether oxygens (including phenoxy) is 1. The lowest BCUT2D eigenvalue weighted by Gasteiger charge is -2.07. The highest BCUT2D eigenvalue weighted by molar-refractivity contribution is 5.96. The second-order valence-corrected chi connectivity index (χ2v) is 3.17. The van der Waals surface area contributed by atoms with E-state index in [9.17, 15) is 0 Å². The van der Waals surface area contributed by atoms with Crippen LogP contribution in [0, 0.1) is 0 Å². The third-order valence-corrected chi connectivity index (χ3v) is 2.21. The highest BCUT2D eigenvalue weighted by atomic mass is 16.5. The lowest BCUT2D eigenvalue weighted by Crippen LogP contribution is -2.06. The van der Waals surface area contributed by atoms with Gasteiger partial charge in [0.15, 0.2) is 0 Å². The van der Waals surface area contributed by atoms with Crippen molar-refractivity contribution in [3.63, 3.8) is 0 Å². The van der Waals surface area contributed by atoms with E-state index in [4.69, 9.17) is 9.84 Å². The third-order valence-electron chi connectivity index (χ3n) is 2.21. The Morgan fingerprint density at radius 1 is 1.36 bits per heavy atom. The predicted octanol–water partition coefficient (Wildman–Crippen LogP) is 0.998. The molecule has 0 unspecified atom stereocenters. The zero-order valence-electron chi connectivity index (χ0n) is 7.94. The van der Waals surface area contributed by atoms with Crippen LogP contribution >= 0.6 is 0 Å². The van der Waals surface area contributed by atoms with Crippen molar-refractivity contribution in [2.24, 2.45) is 4.99 Å². The maximum Gasteiger partial charge on any atom is 0.216 e. The first-order valence-electron chi connectivity index (χ1n) is 4.78. The standard InChI is InChI=1S/C11H13NO2/c13-7-5-9-3-1-2-4-10(9)11-12-6-8-14-11/h1-4,13H,5-8H2. The van der Waals surface area contributed by atoms with Crippen LogP contribution in [0.2, 0.25) is 0 Å². The molecule has 1 aliphatic heterocycles. The lowest BCUT2D eigenvalue weighted by molar-refractivity contribution is 0.299. The van der Waals surface area contributed by atoms with Gasteiger partial charge in [-0.25, -0.2) is 4.99 Å². The van der Waals surface area contributed by atoms with Crippen molar-refractivity contribution >= 4 is 5.90 Å². The molecule has 1 aliphatic rings. The first-order chi connectivity index (χ1) is 6.92. The topological polar surface area (TPSA) is 41.8 Å². The Hall–Kier alpha value is -1.35. The number of aliphatic hydroxyl groups is 1. The fourth-order valence-electron chi connectivity index (χ4n) is 1.57. The van der Waals surface area contributed by atoms with E-state index in [1.54, 1.807) is 0 Å². The summed E-state index contributed by atoms with van der Waals surface area (Å²) >= 11 is 0. The van der Waals surface area contributed by atoms with Crippen molar-refractivity contribution in [2.75, 3.05) is 19.8 Å². The number of aliphatic imine (C=N–C) groups is 1. The van der Waals surface area contributed by atoms with E-state index in [1.807, 2.05) is 24.3 Å². The number of aliphatic hydroxyl groups excluding tert-OH is 1. The summed E-state index contributed by atoms with van der Waals surface area (Å²) in [4.78, 5) is 4.26. The molecule has 0 saturated carbocycles. The molecule has 0 fully saturated rings. The molecule has 14 heavy (non-hydrogen) atoms. The first-order valence-corrected chi connectivity index (χ1v) is 4.78. The predicted molar refractivity (Wildman–Crippen MR) is 54.6 cm³/mol. The van der Waals surface area contributed by atoms with Gasteiger partial charge >= 0.3 is 0 Å². The number of hydrogen-bond acceptors (Lipinski definition) is 3. The minimum absolute atomic E-state index is 0.157. The number of nitrogens with zero attached hydrogens (tertiary/aromatic N) is 1. The van der Waals surface area contributed by atoms with Gasteiger partial charge in [-0.05, 0) is 18.1 Å². The lowest BCUT2D eigenvalue weighted by atomic mass is 10.1. The molecule has 1 heterocycles. The van der Waals surface area contributed by atoms with Gasteiger partial charge in [0, 0.05) is 12.2 Å². The molecule has 1 aromatic carbocycles. The molecule has 1 N–H and O–H groups in total. The van der Waals surface area contributed by atoms with Gasteiger partial charge in [-0.3, -0.25) is 0 Å². The molecule has 1 aromatic rings. The van der Waals surface area contributed by atoms with Crippen molar-refractivity contribution in [2.45, 2.75) is 6.42 Å². The molecule has 2 rings (SSSR count). The van der Waals surface area contributed by atoms with Gasteiger partial charge in [-0.1, -0.05) is 18.2 Å². The van der Waals surface area contributed by atoms with Crippen LogP contribution in [-0.4, -0.2) is 30.8 Å². The molecule has 3 heteroatoms. The molecule has 0 amide bonds. The maximum absolute atomic E-state index is 8.91. The summed E-state index contributed by atoms with van der Waals surface area (Å²) in [5.74, 6) is 0.717. The molecule has 0 spiro atoms. The van der Waals surface area contributed by atoms with Crippen molar-refractivity contribution in [1.82, 2.24) is 0 Å². The second-order valence-electron chi connectivity index (χ2n) is 3.17. The highest BCUT2D eigenvalue weighted by Gasteiger charge is 2.13. The van der Waals surface area contributed by atoms with Gasteiger partial charge in [0.1, 0.15) is 6.61 Å². The van der Waals surface area contributed by atoms with E-state index in [1.165, 1.54) is 0 Å². The van der Waals surface area contributed by atoms with E-state index in [2.05, 4.69) is 4.99 Å². The van der Waals surface area contributed by atoms with Crippen LogP contribution in [-0.2, 0) is 11.2 Å². The highest BCUT2D eigenvalue weighted by Crippen LogP contribution is 2.13. The Labute approximate surface area is 83.1 Å². The Morgan fingerprint density at radius 3 is 2.93 bits per heavy atom. The monoisotopic (exact) mass is 191 g/mol. The molecule has 0 bridgehead atoms. The summed E-state index contributed by atoms with van der Waals surface area (Å²) in [6, 6.07) is 7.90. The van der Waals surface area contributed by atoms with Crippen molar-refractivity contribution in [3.8, 4) is 0 Å². The van der Waals surface area contributed by atoms with Crippen LogP contribution < -0.4 is 0 Å². The van der Waals surface area contributed by atoms with Gasteiger partial charge in [-0.2, -0.15) is 0 Å². The summed E-state index contributed by atoms with van der Waals surface area (Å²) in [5, 5.41) is 8.91. The molecule has 3 nitrogen and oxygen atoms in total. The molecule has 0 saturated heterocycles. The van der Waals surface area contributed by atoms with Gasteiger partial charge in [0.05, 0.1) is 6.54 Å². The summed E-state index contributed by atoms with van der Waals surface area (Å²) in [5.41, 5.74) is 2.11. The van der Waals surface area contributed by atoms with Crippen LogP contribution in [0.1, 0.15) is 11.1 Å². The van der Waals surface area contributed by atoms with E-state index in [-0.39, 0.29) is 6.61 Å². The van der Waals surface area contributed by atoms with Gasteiger partial charge in [0.2, 0.25) is 5.90 Å². The van der Waals surface area contributed by atoms with Gasteiger partial charge in [0.25, 0.3) is 0 Å². The van der Waals surface area contributed by atoms with Crippen molar-refractivity contribution < 1.29 is 9.84 Å². The summed E-state index contributed by atoms with van der Waals surface area (Å²) in [7, 11) is 0. The first kappa shape index (κ1) is 9.21. The normalized spacial score (nSPS) is 15.1. The molecule has 0 aromatic heterocycles. The van der Waals surface area contributed by atoms with E-state index >= 15 is 0 Å². The summed E-state index contributed by atoms with van der Waals surface area (Å²) in [6.45, 7) is 1.57. The van der Waals surface area contributed by atoms with Crippen LogP contribution in [0.25, 0.3) is 0 Å². The molecule has 0 radical (unpaired) electrons. The molecule has 0 aliphatic carbocycles. The van der Waals surface area contributed by atoms with E-state index in [0.29, 0.717) is 18.9 Å². The van der Waals surface area contributed by atoms with Crippen LogP contribution in [0.4, 0.5) is 0 Å². The summed E-state index contributed by atoms with van der Waals surface area (Å²) < 4.78 is 5.39. The van der Waals surface area contributed by atoms with E-state index < -0.39 is 0 Å².